The highest BCUT2D eigenvalue weighted by atomic mass is 35.5. The molecule has 1 unspecified atom stereocenters. The number of ether oxygens (including phenoxy) is 3. The molecule has 1 amide bonds. The van der Waals surface area contributed by atoms with E-state index >= 15 is 0 Å². The van der Waals surface area contributed by atoms with Crippen molar-refractivity contribution in [3.8, 4) is 17.2 Å². The molecule has 0 radical (unpaired) electrons. The summed E-state index contributed by atoms with van der Waals surface area (Å²) in [6.07, 6.45) is 1.42. The lowest BCUT2D eigenvalue weighted by Crippen LogP contribution is -2.29. The van der Waals surface area contributed by atoms with Crippen molar-refractivity contribution < 1.29 is 33.3 Å². The summed E-state index contributed by atoms with van der Waals surface area (Å²) in [4.78, 5) is 27.6. The van der Waals surface area contributed by atoms with E-state index in [4.69, 9.17) is 30.2 Å². The van der Waals surface area contributed by atoms with Crippen molar-refractivity contribution in [2.75, 3.05) is 26.2 Å². The Morgan fingerprint density at radius 2 is 1.76 bits per heavy atom. The molecule has 1 fully saturated rings. The van der Waals surface area contributed by atoms with Crippen molar-refractivity contribution in [1.82, 2.24) is 0 Å². The quantitative estimate of drug-likeness (QED) is 0.320. The largest absolute Gasteiger partial charge is 0.507 e. The predicted octanol–water partition coefficient (Wildman–Crippen LogP) is 4.59. The average molecular weight is 470 g/mol. The smallest absolute Gasteiger partial charge is 0.300 e. The van der Waals surface area contributed by atoms with Gasteiger partial charge in [-0.05, 0) is 30.3 Å². The average Bonchev–Trinajstić information content (AvgIpc) is 3.45. The molecule has 1 aliphatic rings. The van der Waals surface area contributed by atoms with Crippen molar-refractivity contribution in [2.45, 2.75) is 6.04 Å². The van der Waals surface area contributed by atoms with Gasteiger partial charge in [0.25, 0.3) is 11.7 Å². The van der Waals surface area contributed by atoms with Crippen LogP contribution in [0.5, 0.6) is 17.2 Å². The van der Waals surface area contributed by atoms with Crippen LogP contribution < -0.4 is 19.1 Å². The van der Waals surface area contributed by atoms with Crippen LogP contribution in [0.2, 0.25) is 5.02 Å². The summed E-state index contributed by atoms with van der Waals surface area (Å²) >= 11 is 6.26. The number of nitrogens with zero attached hydrogens (tertiary/aromatic N) is 1. The summed E-state index contributed by atoms with van der Waals surface area (Å²) in [5, 5.41) is 11.5. The van der Waals surface area contributed by atoms with E-state index in [1.165, 1.54) is 44.6 Å². The minimum absolute atomic E-state index is 0.128. The first-order valence-corrected chi connectivity index (χ1v) is 10.2. The number of rotatable bonds is 6. The number of Topliss-reactive ketones (excluding diaryl/α,β-unsaturated/α-hetero) is 1. The third-order valence-electron chi connectivity index (χ3n) is 5.32. The lowest BCUT2D eigenvalue weighted by Gasteiger charge is -2.24. The number of hydrogen-bond acceptors (Lipinski definition) is 7. The van der Waals surface area contributed by atoms with Crippen LogP contribution in [0.4, 0.5) is 5.69 Å². The van der Waals surface area contributed by atoms with Gasteiger partial charge in [0.2, 0.25) is 0 Å². The van der Waals surface area contributed by atoms with E-state index in [9.17, 15) is 14.7 Å². The highest BCUT2D eigenvalue weighted by molar-refractivity contribution is 6.51. The van der Waals surface area contributed by atoms with E-state index in [0.717, 1.165) is 0 Å². The maximum atomic E-state index is 13.2. The van der Waals surface area contributed by atoms with Crippen LogP contribution in [0.15, 0.2) is 64.8 Å². The Kier molecular flexibility index (Phi) is 6.02. The lowest BCUT2D eigenvalue weighted by molar-refractivity contribution is -0.132. The SMILES string of the molecule is COc1cccc(N2C(=O)C(=O)/C(=C(\O)c3cc(Cl)c(OC)cc3OC)C2c2ccco2)c1. The molecule has 33 heavy (non-hydrogen) atoms. The van der Waals surface area contributed by atoms with Crippen molar-refractivity contribution >= 4 is 34.7 Å². The van der Waals surface area contributed by atoms with Gasteiger partial charge in [-0.25, -0.2) is 0 Å². The molecule has 3 aromatic rings. The molecule has 4 rings (SSSR count). The van der Waals surface area contributed by atoms with Crippen molar-refractivity contribution in [2.24, 2.45) is 0 Å². The van der Waals surface area contributed by atoms with E-state index in [1.807, 2.05) is 0 Å². The van der Waals surface area contributed by atoms with E-state index in [1.54, 1.807) is 36.4 Å². The standard InChI is InChI=1S/C24H20ClNO7/c1-30-14-7-4-6-13(10-14)26-21(17-8-5-9-33-17)20(23(28)24(26)29)22(27)15-11-16(25)19(32-3)12-18(15)31-2/h4-12,21,27H,1-3H3/b22-20-. The van der Waals surface area contributed by atoms with Gasteiger partial charge < -0.3 is 23.7 Å². The van der Waals surface area contributed by atoms with Gasteiger partial charge in [-0.3, -0.25) is 14.5 Å². The summed E-state index contributed by atoms with van der Waals surface area (Å²) in [6.45, 7) is 0. The molecule has 0 saturated carbocycles. The van der Waals surface area contributed by atoms with Gasteiger partial charge in [-0.15, -0.1) is 0 Å². The fourth-order valence-corrected chi connectivity index (χ4v) is 4.01. The molecular weight excluding hydrogens is 450 g/mol. The van der Waals surface area contributed by atoms with E-state index < -0.39 is 23.5 Å². The third-order valence-corrected chi connectivity index (χ3v) is 5.61. The highest BCUT2D eigenvalue weighted by Crippen LogP contribution is 2.45. The minimum Gasteiger partial charge on any atom is -0.507 e. The van der Waals surface area contributed by atoms with Gasteiger partial charge in [-0.1, -0.05) is 17.7 Å². The lowest BCUT2D eigenvalue weighted by atomic mass is 9.98. The number of furan rings is 1. The number of carbonyl (C=O) groups is 2. The summed E-state index contributed by atoms with van der Waals surface area (Å²) in [5.74, 6) is -0.852. The molecule has 0 bridgehead atoms. The maximum absolute atomic E-state index is 13.2. The molecule has 2 heterocycles. The van der Waals surface area contributed by atoms with Gasteiger partial charge in [0.05, 0.1) is 43.8 Å². The molecule has 9 heteroatoms. The number of benzene rings is 2. The number of ketones is 1. The van der Waals surface area contributed by atoms with Gasteiger partial charge in [0.15, 0.2) is 0 Å². The number of aliphatic hydroxyl groups is 1. The number of amides is 1. The zero-order chi connectivity index (χ0) is 23.7. The Labute approximate surface area is 194 Å². The van der Waals surface area contributed by atoms with E-state index in [0.29, 0.717) is 17.2 Å². The number of halogens is 1. The second-order valence-corrected chi connectivity index (χ2v) is 7.48. The molecule has 2 aromatic carbocycles. The Morgan fingerprint density at radius 3 is 2.39 bits per heavy atom. The first-order chi connectivity index (χ1) is 15.9. The number of aliphatic hydroxyl groups excluding tert-OH is 1. The van der Waals surface area contributed by atoms with E-state index in [2.05, 4.69) is 0 Å². The molecule has 1 saturated heterocycles. The first-order valence-electron chi connectivity index (χ1n) is 9.81. The maximum Gasteiger partial charge on any atom is 0.300 e. The van der Waals surface area contributed by atoms with Crippen LogP contribution in [0.3, 0.4) is 0 Å². The van der Waals surface area contributed by atoms with Crippen LogP contribution >= 0.6 is 11.6 Å². The third kappa shape index (κ3) is 3.78. The number of methoxy groups -OCH3 is 3. The summed E-state index contributed by atoms with van der Waals surface area (Å²) in [6, 6.07) is 11.8. The summed E-state index contributed by atoms with van der Waals surface area (Å²) < 4.78 is 21.4. The molecule has 1 aliphatic heterocycles. The van der Waals surface area contributed by atoms with Crippen LogP contribution in [0, 0.1) is 0 Å². The van der Waals surface area contributed by atoms with Crippen molar-refractivity contribution in [3.63, 3.8) is 0 Å². The molecule has 8 nitrogen and oxygen atoms in total. The van der Waals surface area contributed by atoms with Crippen LogP contribution in [-0.4, -0.2) is 38.1 Å². The van der Waals surface area contributed by atoms with Gasteiger partial charge in [0.1, 0.15) is 34.8 Å². The summed E-state index contributed by atoms with van der Waals surface area (Å²) in [7, 11) is 4.34. The van der Waals surface area contributed by atoms with Gasteiger partial charge >= 0.3 is 0 Å². The topological polar surface area (TPSA) is 98.4 Å². The monoisotopic (exact) mass is 469 g/mol. The summed E-state index contributed by atoms with van der Waals surface area (Å²) in [5.41, 5.74) is 0.359. The Bertz CT molecular complexity index is 1250. The zero-order valence-electron chi connectivity index (χ0n) is 18.0. The molecule has 1 atom stereocenters. The molecular formula is C24H20ClNO7. The van der Waals surface area contributed by atoms with Gasteiger partial charge in [-0.2, -0.15) is 0 Å². The van der Waals surface area contributed by atoms with Crippen LogP contribution in [0.1, 0.15) is 17.4 Å². The minimum atomic E-state index is -1.03. The Morgan fingerprint density at radius 1 is 1.00 bits per heavy atom. The molecule has 1 N–H and O–H groups in total. The fourth-order valence-electron chi connectivity index (χ4n) is 3.77. The van der Waals surface area contributed by atoms with Gasteiger partial charge in [0, 0.05) is 17.8 Å². The molecule has 0 spiro atoms. The second-order valence-electron chi connectivity index (χ2n) is 7.07. The molecule has 170 valence electrons. The predicted molar refractivity (Wildman–Crippen MR) is 121 cm³/mol. The van der Waals surface area contributed by atoms with Crippen LogP contribution in [0.25, 0.3) is 5.76 Å². The number of anilines is 1. The molecule has 0 aliphatic carbocycles. The normalized spacial score (nSPS) is 17.3. The van der Waals surface area contributed by atoms with Crippen molar-refractivity contribution in [1.29, 1.82) is 0 Å². The van der Waals surface area contributed by atoms with Crippen molar-refractivity contribution in [3.05, 3.63) is 76.7 Å². The van der Waals surface area contributed by atoms with Crippen LogP contribution in [-0.2, 0) is 9.59 Å². The number of carbonyl (C=O) groups excluding carboxylic acids is 2. The number of hydrogen-bond donors (Lipinski definition) is 1. The van der Waals surface area contributed by atoms with E-state index in [-0.39, 0.29) is 27.7 Å². The second kappa shape index (κ2) is 8.91. The zero-order valence-corrected chi connectivity index (χ0v) is 18.8. The fraction of sp³-hybridized carbons (Fsp3) is 0.167. The Hall–Kier alpha value is -3.91. The Balaban J connectivity index is 1.95. The molecule has 1 aromatic heterocycles. The first kappa shape index (κ1) is 22.3. The highest BCUT2D eigenvalue weighted by Gasteiger charge is 2.48.